The average Bonchev–Trinajstić information content (AvgIpc) is 2.83. The van der Waals surface area contributed by atoms with Crippen molar-refractivity contribution in [3.63, 3.8) is 0 Å². The molecule has 2 heterocycles. The van der Waals surface area contributed by atoms with E-state index in [-0.39, 0.29) is 0 Å². The summed E-state index contributed by atoms with van der Waals surface area (Å²) in [6.07, 6.45) is 10.7. The monoisotopic (exact) mass is 218 g/mol. The van der Waals surface area contributed by atoms with Crippen molar-refractivity contribution in [2.24, 2.45) is 0 Å². The molecule has 6 nitrogen and oxygen atoms in total. The molecule has 0 saturated heterocycles. The molecule has 0 amide bonds. The molecule has 2 aromatic heterocycles. The number of aromatic nitrogens is 5. The highest BCUT2D eigenvalue weighted by Gasteiger charge is 1.93. The lowest BCUT2D eigenvalue weighted by Crippen LogP contribution is -2.05. The van der Waals surface area contributed by atoms with E-state index in [0.29, 0.717) is 0 Å². The second-order valence-corrected chi connectivity index (χ2v) is 3.42. The highest BCUT2D eigenvalue weighted by Crippen LogP contribution is 1.99. The highest BCUT2D eigenvalue weighted by molar-refractivity contribution is 5.29. The van der Waals surface area contributed by atoms with Crippen molar-refractivity contribution in [3.8, 4) is 0 Å². The maximum Gasteiger partial charge on any atom is 0.144 e. The number of rotatable bonds is 6. The molecular weight excluding hydrogens is 204 g/mol. The predicted octanol–water partition coefficient (Wildman–Crippen LogP) is 0.960. The fourth-order valence-corrected chi connectivity index (χ4v) is 1.36. The molecule has 0 atom stereocenters. The Labute approximate surface area is 93.8 Å². The quantitative estimate of drug-likeness (QED) is 0.731. The first-order valence-electron chi connectivity index (χ1n) is 5.27. The van der Waals surface area contributed by atoms with Crippen LogP contribution in [0.5, 0.6) is 0 Å². The normalized spacial score (nSPS) is 10.2. The smallest absolute Gasteiger partial charge is 0.144 e. The Balaban J connectivity index is 1.59. The molecule has 0 bridgehead atoms. The average molecular weight is 218 g/mol. The van der Waals surface area contributed by atoms with Crippen LogP contribution in [0.2, 0.25) is 0 Å². The predicted molar refractivity (Wildman–Crippen MR) is 59.8 cm³/mol. The summed E-state index contributed by atoms with van der Waals surface area (Å²) >= 11 is 0. The maximum absolute atomic E-state index is 4.13. The number of hydrogen-bond acceptors (Lipinski definition) is 5. The van der Waals surface area contributed by atoms with Crippen LogP contribution < -0.4 is 5.32 Å². The van der Waals surface area contributed by atoms with E-state index in [2.05, 4.69) is 25.5 Å². The van der Waals surface area contributed by atoms with Crippen LogP contribution in [0.3, 0.4) is 0 Å². The van der Waals surface area contributed by atoms with Crippen LogP contribution in [0.4, 0.5) is 5.82 Å². The zero-order valence-electron chi connectivity index (χ0n) is 8.95. The lowest BCUT2D eigenvalue weighted by atomic mass is 10.3. The van der Waals surface area contributed by atoms with Crippen LogP contribution in [0.25, 0.3) is 0 Å². The van der Waals surface area contributed by atoms with E-state index in [1.807, 2.05) is 4.57 Å². The number of anilines is 1. The second kappa shape index (κ2) is 5.79. The summed E-state index contributed by atoms with van der Waals surface area (Å²) in [6, 6.07) is 0. The minimum absolute atomic E-state index is 0.826. The van der Waals surface area contributed by atoms with Gasteiger partial charge in [0.2, 0.25) is 0 Å². The van der Waals surface area contributed by atoms with Crippen LogP contribution in [-0.2, 0) is 6.54 Å². The zero-order valence-corrected chi connectivity index (χ0v) is 8.95. The number of hydrogen-bond donors (Lipinski definition) is 1. The van der Waals surface area contributed by atoms with E-state index < -0.39 is 0 Å². The van der Waals surface area contributed by atoms with Gasteiger partial charge in [0.1, 0.15) is 18.5 Å². The lowest BCUT2D eigenvalue weighted by Gasteiger charge is -2.04. The molecule has 16 heavy (non-hydrogen) atoms. The Bertz CT molecular complexity index is 385. The van der Waals surface area contributed by atoms with Crippen LogP contribution in [-0.4, -0.2) is 31.3 Å². The van der Waals surface area contributed by atoms with Crippen LogP contribution >= 0.6 is 0 Å². The fourth-order valence-electron chi connectivity index (χ4n) is 1.36. The lowest BCUT2D eigenvalue weighted by molar-refractivity contribution is 0.619. The molecule has 0 saturated carbocycles. The number of nitrogens with zero attached hydrogens (tertiary/aromatic N) is 5. The van der Waals surface area contributed by atoms with Gasteiger partial charge < -0.3 is 9.88 Å². The van der Waals surface area contributed by atoms with Gasteiger partial charge in [-0.25, -0.2) is 4.98 Å². The van der Waals surface area contributed by atoms with Crippen LogP contribution in [0, 0.1) is 0 Å². The molecule has 0 aliphatic heterocycles. The third-order valence-corrected chi connectivity index (χ3v) is 2.18. The fraction of sp³-hybridized carbons (Fsp3) is 0.400. The minimum Gasteiger partial charge on any atom is -0.369 e. The molecule has 6 heteroatoms. The van der Waals surface area contributed by atoms with Gasteiger partial charge in [0.25, 0.3) is 0 Å². The van der Waals surface area contributed by atoms with E-state index >= 15 is 0 Å². The molecule has 0 radical (unpaired) electrons. The van der Waals surface area contributed by atoms with Crippen molar-refractivity contribution in [2.75, 3.05) is 11.9 Å². The SMILES string of the molecule is c1cnc(NCCCCn2cnnc2)cn1. The van der Waals surface area contributed by atoms with Crippen LogP contribution in [0.15, 0.2) is 31.2 Å². The van der Waals surface area contributed by atoms with Crippen molar-refractivity contribution in [1.29, 1.82) is 0 Å². The highest BCUT2D eigenvalue weighted by atomic mass is 15.2. The van der Waals surface area contributed by atoms with E-state index in [0.717, 1.165) is 31.7 Å². The standard InChI is InChI=1S/C10H14N6/c1(2-6-16-8-14-15-9-16)3-12-10-7-11-4-5-13-10/h4-5,7-9H,1-3,6H2,(H,12,13). The molecule has 84 valence electrons. The molecule has 1 N–H and O–H groups in total. The molecule has 0 fully saturated rings. The number of aryl methyl sites for hydroxylation is 1. The van der Waals surface area contributed by atoms with Gasteiger partial charge in [0.15, 0.2) is 0 Å². The summed E-state index contributed by atoms with van der Waals surface area (Å²) in [6.45, 7) is 1.86. The van der Waals surface area contributed by atoms with E-state index in [1.54, 1.807) is 31.2 Å². The summed E-state index contributed by atoms with van der Waals surface area (Å²) in [7, 11) is 0. The molecule has 0 spiro atoms. The maximum atomic E-state index is 4.13. The van der Waals surface area contributed by atoms with Gasteiger partial charge in [-0.15, -0.1) is 10.2 Å². The van der Waals surface area contributed by atoms with Gasteiger partial charge in [-0.3, -0.25) is 4.98 Å². The van der Waals surface area contributed by atoms with Gasteiger partial charge in [-0.1, -0.05) is 0 Å². The first-order chi connectivity index (χ1) is 7.95. The Morgan fingerprint density at radius 3 is 2.75 bits per heavy atom. The summed E-state index contributed by atoms with van der Waals surface area (Å²) in [5.74, 6) is 0.826. The first kappa shape index (κ1) is 10.5. The molecule has 2 aromatic rings. The molecular formula is C10H14N6. The Morgan fingerprint density at radius 2 is 2.00 bits per heavy atom. The van der Waals surface area contributed by atoms with Gasteiger partial charge in [0.05, 0.1) is 6.20 Å². The van der Waals surface area contributed by atoms with Crippen molar-refractivity contribution in [2.45, 2.75) is 19.4 Å². The second-order valence-electron chi connectivity index (χ2n) is 3.42. The van der Waals surface area contributed by atoms with E-state index in [1.165, 1.54) is 0 Å². The third kappa shape index (κ3) is 3.30. The summed E-state index contributed by atoms with van der Waals surface area (Å²) in [5.41, 5.74) is 0. The topological polar surface area (TPSA) is 68.5 Å². The van der Waals surface area contributed by atoms with Crippen molar-refractivity contribution in [3.05, 3.63) is 31.2 Å². The molecule has 2 rings (SSSR count). The first-order valence-corrected chi connectivity index (χ1v) is 5.27. The zero-order chi connectivity index (χ0) is 11.1. The summed E-state index contributed by atoms with van der Waals surface area (Å²) < 4.78 is 1.97. The van der Waals surface area contributed by atoms with Crippen molar-refractivity contribution < 1.29 is 0 Å². The van der Waals surface area contributed by atoms with Gasteiger partial charge in [-0.2, -0.15) is 0 Å². The molecule has 0 aromatic carbocycles. The van der Waals surface area contributed by atoms with Crippen LogP contribution in [0.1, 0.15) is 12.8 Å². The Hall–Kier alpha value is -1.98. The van der Waals surface area contributed by atoms with E-state index in [9.17, 15) is 0 Å². The molecule has 0 aliphatic carbocycles. The van der Waals surface area contributed by atoms with Crippen molar-refractivity contribution >= 4 is 5.82 Å². The summed E-state index contributed by atoms with van der Waals surface area (Å²) in [5, 5.41) is 10.7. The van der Waals surface area contributed by atoms with Crippen molar-refractivity contribution in [1.82, 2.24) is 24.7 Å². The van der Waals surface area contributed by atoms with Gasteiger partial charge >= 0.3 is 0 Å². The van der Waals surface area contributed by atoms with Gasteiger partial charge in [0, 0.05) is 25.5 Å². The van der Waals surface area contributed by atoms with E-state index in [4.69, 9.17) is 0 Å². The number of unbranched alkanes of at least 4 members (excludes halogenated alkanes) is 1. The number of nitrogens with one attached hydrogen (secondary N) is 1. The van der Waals surface area contributed by atoms with Gasteiger partial charge in [-0.05, 0) is 12.8 Å². The third-order valence-electron chi connectivity index (χ3n) is 2.18. The molecule has 0 aliphatic rings. The Morgan fingerprint density at radius 1 is 1.12 bits per heavy atom. The molecule has 0 unspecified atom stereocenters. The summed E-state index contributed by atoms with van der Waals surface area (Å²) in [4.78, 5) is 8.11. The minimum atomic E-state index is 0.826. The Kier molecular flexibility index (Phi) is 3.81. The largest absolute Gasteiger partial charge is 0.369 e.